The van der Waals surface area contributed by atoms with Crippen LogP contribution >= 0.6 is 0 Å². The lowest BCUT2D eigenvalue weighted by Gasteiger charge is -2.05. The molecule has 0 fully saturated rings. The van der Waals surface area contributed by atoms with Gasteiger partial charge in [-0.3, -0.25) is 4.79 Å². The summed E-state index contributed by atoms with van der Waals surface area (Å²) in [4.78, 5) is 11.5. The molecule has 2 nitrogen and oxygen atoms in total. The maximum absolute atomic E-state index is 13.0. The molecule has 19 heavy (non-hydrogen) atoms. The first kappa shape index (κ1) is 13.1. The highest BCUT2D eigenvalue weighted by molar-refractivity contribution is 5.75. The topological polar surface area (TPSA) is 26.3 Å². The third-order valence-electron chi connectivity index (χ3n) is 2.37. The predicted molar refractivity (Wildman–Crippen MR) is 62.1 cm³/mol. The zero-order chi connectivity index (χ0) is 13.8. The zero-order valence-electron chi connectivity index (χ0n) is 9.70. The fraction of sp³-hybridized carbons (Fsp3) is 0.0714. The standard InChI is InChI=1S/C14H9F3O2/c15-11-6-9(7-12(16)14(11)17)8-13(18)19-10-4-2-1-3-5-10/h1-7H,8H2. The van der Waals surface area contributed by atoms with Gasteiger partial charge in [-0.2, -0.15) is 0 Å². The number of carbonyl (C=O) groups is 1. The Morgan fingerprint density at radius 2 is 1.58 bits per heavy atom. The fourth-order valence-corrected chi connectivity index (χ4v) is 1.53. The van der Waals surface area contributed by atoms with Crippen molar-refractivity contribution in [2.75, 3.05) is 0 Å². The first-order valence-electron chi connectivity index (χ1n) is 5.45. The minimum Gasteiger partial charge on any atom is -0.426 e. The number of hydrogen-bond donors (Lipinski definition) is 0. The highest BCUT2D eigenvalue weighted by Gasteiger charge is 2.13. The molecule has 2 aromatic carbocycles. The number of para-hydroxylation sites is 1. The molecule has 2 rings (SSSR count). The average molecular weight is 266 g/mol. The Morgan fingerprint density at radius 3 is 2.16 bits per heavy atom. The molecule has 0 radical (unpaired) electrons. The van der Waals surface area contributed by atoms with Crippen LogP contribution in [0, 0.1) is 17.5 Å². The van der Waals surface area contributed by atoms with Gasteiger partial charge in [0.15, 0.2) is 17.5 Å². The molecule has 0 aliphatic carbocycles. The van der Waals surface area contributed by atoms with Gasteiger partial charge in [0.25, 0.3) is 0 Å². The van der Waals surface area contributed by atoms with Crippen LogP contribution in [-0.4, -0.2) is 5.97 Å². The van der Waals surface area contributed by atoms with Crippen LogP contribution in [-0.2, 0) is 11.2 Å². The van der Waals surface area contributed by atoms with Crippen molar-refractivity contribution >= 4 is 5.97 Å². The number of hydrogen-bond acceptors (Lipinski definition) is 2. The Labute approximate surface area is 107 Å². The number of benzene rings is 2. The van der Waals surface area contributed by atoms with Crippen LogP contribution in [0.2, 0.25) is 0 Å². The smallest absolute Gasteiger partial charge is 0.315 e. The lowest BCUT2D eigenvalue weighted by atomic mass is 10.1. The largest absolute Gasteiger partial charge is 0.426 e. The molecule has 98 valence electrons. The minimum atomic E-state index is -1.56. The van der Waals surface area contributed by atoms with Gasteiger partial charge in [-0.1, -0.05) is 18.2 Å². The van der Waals surface area contributed by atoms with E-state index in [1.807, 2.05) is 0 Å². The van der Waals surface area contributed by atoms with Gasteiger partial charge in [0.2, 0.25) is 0 Å². The first-order chi connectivity index (χ1) is 9.06. The second kappa shape index (κ2) is 5.56. The van der Waals surface area contributed by atoms with Gasteiger partial charge >= 0.3 is 5.97 Å². The van der Waals surface area contributed by atoms with E-state index >= 15 is 0 Å². The van der Waals surface area contributed by atoms with Gasteiger partial charge in [0.05, 0.1) is 6.42 Å². The summed E-state index contributed by atoms with van der Waals surface area (Å²) in [6, 6.07) is 9.80. The molecule has 0 saturated carbocycles. The molecule has 0 bridgehead atoms. The Bertz CT molecular complexity index is 574. The number of rotatable bonds is 3. The van der Waals surface area contributed by atoms with Crippen LogP contribution in [0.25, 0.3) is 0 Å². The molecule has 5 heteroatoms. The summed E-state index contributed by atoms with van der Waals surface area (Å²) < 4.78 is 43.6. The Balaban J connectivity index is 2.07. The van der Waals surface area contributed by atoms with Gasteiger partial charge in [0.1, 0.15) is 5.75 Å². The molecular weight excluding hydrogens is 257 g/mol. The third kappa shape index (κ3) is 3.34. The van der Waals surface area contributed by atoms with Crippen LogP contribution in [0.3, 0.4) is 0 Å². The van der Waals surface area contributed by atoms with E-state index in [2.05, 4.69) is 0 Å². The van der Waals surface area contributed by atoms with Crippen molar-refractivity contribution < 1.29 is 22.7 Å². The molecule has 0 atom stereocenters. The number of halogens is 3. The minimum absolute atomic E-state index is 0.0114. The van der Waals surface area contributed by atoms with Crippen molar-refractivity contribution in [2.45, 2.75) is 6.42 Å². The molecule has 0 aliphatic rings. The van der Waals surface area contributed by atoms with Gasteiger partial charge in [0, 0.05) is 0 Å². The SMILES string of the molecule is O=C(Cc1cc(F)c(F)c(F)c1)Oc1ccccc1. The number of carbonyl (C=O) groups excluding carboxylic acids is 1. The number of ether oxygens (including phenoxy) is 1. The molecule has 0 N–H and O–H groups in total. The van der Waals surface area contributed by atoms with Gasteiger partial charge < -0.3 is 4.74 Å². The summed E-state index contributed by atoms with van der Waals surface area (Å²) in [5.41, 5.74) is 0.0114. The van der Waals surface area contributed by atoms with Crippen molar-refractivity contribution in [3.8, 4) is 5.75 Å². The van der Waals surface area contributed by atoms with Crippen molar-refractivity contribution in [2.24, 2.45) is 0 Å². The summed E-state index contributed by atoms with van der Waals surface area (Å²) >= 11 is 0. The van der Waals surface area contributed by atoms with Crippen molar-refractivity contribution in [3.05, 3.63) is 65.5 Å². The van der Waals surface area contributed by atoms with Crippen LogP contribution < -0.4 is 4.74 Å². The summed E-state index contributed by atoms with van der Waals surface area (Å²) in [5.74, 6) is -4.57. The molecule has 0 amide bonds. The van der Waals surface area contributed by atoms with Crippen molar-refractivity contribution in [1.82, 2.24) is 0 Å². The van der Waals surface area contributed by atoms with E-state index in [-0.39, 0.29) is 12.0 Å². The Hall–Kier alpha value is -2.30. The second-order valence-corrected chi connectivity index (χ2v) is 3.84. The summed E-state index contributed by atoms with van der Waals surface area (Å²) in [6.45, 7) is 0. The fourth-order valence-electron chi connectivity index (χ4n) is 1.53. The zero-order valence-corrected chi connectivity index (χ0v) is 9.70. The average Bonchev–Trinajstić information content (AvgIpc) is 2.37. The molecular formula is C14H9F3O2. The van der Waals surface area contributed by atoms with E-state index < -0.39 is 23.4 Å². The van der Waals surface area contributed by atoms with E-state index in [0.29, 0.717) is 5.75 Å². The van der Waals surface area contributed by atoms with E-state index in [0.717, 1.165) is 12.1 Å². The normalized spacial score (nSPS) is 10.3. The second-order valence-electron chi connectivity index (χ2n) is 3.84. The lowest BCUT2D eigenvalue weighted by molar-refractivity contribution is -0.133. The highest BCUT2D eigenvalue weighted by atomic mass is 19.2. The van der Waals surface area contributed by atoms with E-state index in [4.69, 9.17) is 4.74 Å². The Morgan fingerprint density at radius 1 is 1.00 bits per heavy atom. The van der Waals surface area contributed by atoms with E-state index in [9.17, 15) is 18.0 Å². The third-order valence-corrected chi connectivity index (χ3v) is 2.37. The number of esters is 1. The molecule has 0 unspecified atom stereocenters. The Kier molecular flexibility index (Phi) is 3.85. The van der Waals surface area contributed by atoms with E-state index in [1.54, 1.807) is 30.3 Å². The first-order valence-corrected chi connectivity index (χ1v) is 5.45. The van der Waals surface area contributed by atoms with Crippen molar-refractivity contribution in [1.29, 1.82) is 0 Å². The van der Waals surface area contributed by atoms with Crippen LogP contribution in [0.1, 0.15) is 5.56 Å². The molecule has 0 saturated heterocycles. The maximum Gasteiger partial charge on any atom is 0.315 e. The van der Waals surface area contributed by atoms with E-state index in [1.165, 1.54) is 0 Å². The molecule has 0 aliphatic heterocycles. The monoisotopic (exact) mass is 266 g/mol. The van der Waals surface area contributed by atoms with Crippen LogP contribution in [0.15, 0.2) is 42.5 Å². The highest BCUT2D eigenvalue weighted by Crippen LogP contribution is 2.15. The quantitative estimate of drug-likeness (QED) is 0.484. The summed E-state index contributed by atoms with van der Waals surface area (Å²) in [7, 11) is 0. The lowest BCUT2D eigenvalue weighted by Crippen LogP contribution is -2.12. The molecule has 0 spiro atoms. The molecule has 0 aromatic heterocycles. The van der Waals surface area contributed by atoms with Crippen LogP contribution in [0.4, 0.5) is 13.2 Å². The van der Waals surface area contributed by atoms with Gasteiger partial charge in [-0.05, 0) is 29.8 Å². The van der Waals surface area contributed by atoms with Crippen molar-refractivity contribution in [3.63, 3.8) is 0 Å². The van der Waals surface area contributed by atoms with Gasteiger partial charge in [-0.25, -0.2) is 13.2 Å². The summed E-state index contributed by atoms with van der Waals surface area (Å²) in [5, 5.41) is 0. The van der Waals surface area contributed by atoms with Crippen LogP contribution in [0.5, 0.6) is 5.75 Å². The molecule has 2 aromatic rings. The van der Waals surface area contributed by atoms with Gasteiger partial charge in [-0.15, -0.1) is 0 Å². The summed E-state index contributed by atoms with van der Waals surface area (Å²) in [6.07, 6.45) is -0.344. The predicted octanol–water partition coefficient (Wildman–Crippen LogP) is 3.25. The molecule has 0 heterocycles. The maximum atomic E-state index is 13.0.